The molecule has 0 bridgehead atoms. The Morgan fingerprint density at radius 2 is 1.64 bits per heavy atom. The number of nitrogens with one attached hydrogen (secondary N) is 3. The van der Waals surface area contributed by atoms with Crippen LogP contribution in [0.1, 0.15) is 10.6 Å². The van der Waals surface area contributed by atoms with Crippen LogP contribution in [0.2, 0.25) is 0 Å². The predicted molar refractivity (Wildman–Crippen MR) is 110 cm³/mol. The van der Waals surface area contributed by atoms with Gasteiger partial charge in [-0.05, 0) is 48.5 Å². The highest BCUT2D eigenvalue weighted by atomic mass is 32.1. The second-order valence-electron chi connectivity index (χ2n) is 5.89. The highest BCUT2D eigenvalue weighted by molar-refractivity contribution is 7.21. The maximum absolute atomic E-state index is 12.4. The van der Waals surface area contributed by atoms with Gasteiger partial charge in [-0.3, -0.25) is 4.79 Å². The molecule has 140 valence electrons. The van der Waals surface area contributed by atoms with Gasteiger partial charge in [0.15, 0.2) is 16.5 Å². The number of benzene rings is 2. The molecule has 8 heteroatoms. The molecule has 0 aliphatic carbocycles. The summed E-state index contributed by atoms with van der Waals surface area (Å²) in [5, 5.41) is 8.61. The SMILES string of the molecule is CNC(=O)Nc1ccc(NC(=O)c2ccc(-c3nc4ccccc4s3)o2)cc1. The van der Waals surface area contributed by atoms with Gasteiger partial charge in [-0.15, -0.1) is 11.3 Å². The number of hydrogen-bond donors (Lipinski definition) is 3. The zero-order valence-electron chi connectivity index (χ0n) is 14.9. The largest absolute Gasteiger partial charge is 0.448 e. The molecule has 0 aliphatic heterocycles. The van der Waals surface area contributed by atoms with Gasteiger partial charge in [-0.25, -0.2) is 9.78 Å². The maximum atomic E-state index is 12.4. The van der Waals surface area contributed by atoms with Crippen molar-refractivity contribution in [2.45, 2.75) is 0 Å². The lowest BCUT2D eigenvalue weighted by Gasteiger charge is -2.06. The molecular weight excluding hydrogens is 376 g/mol. The summed E-state index contributed by atoms with van der Waals surface area (Å²) in [7, 11) is 1.54. The van der Waals surface area contributed by atoms with Crippen LogP contribution in [0, 0.1) is 0 Å². The summed E-state index contributed by atoms with van der Waals surface area (Å²) in [6.07, 6.45) is 0. The van der Waals surface area contributed by atoms with Gasteiger partial charge in [-0.2, -0.15) is 0 Å². The first-order valence-corrected chi connectivity index (χ1v) is 9.30. The Morgan fingerprint density at radius 1 is 0.929 bits per heavy atom. The average Bonchev–Trinajstić information content (AvgIpc) is 3.36. The first kappa shape index (κ1) is 17.7. The number of nitrogens with zero attached hydrogens (tertiary/aromatic N) is 1. The molecule has 7 nitrogen and oxygen atoms in total. The van der Waals surface area contributed by atoms with Gasteiger partial charge in [0.2, 0.25) is 0 Å². The molecule has 0 saturated heterocycles. The van der Waals surface area contributed by atoms with Crippen LogP contribution in [0.15, 0.2) is 65.1 Å². The van der Waals surface area contributed by atoms with E-state index in [-0.39, 0.29) is 17.7 Å². The maximum Gasteiger partial charge on any atom is 0.318 e. The summed E-state index contributed by atoms with van der Waals surface area (Å²) in [5.41, 5.74) is 2.11. The topological polar surface area (TPSA) is 96.3 Å². The molecule has 0 saturated carbocycles. The van der Waals surface area contributed by atoms with Gasteiger partial charge >= 0.3 is 6.03 Å². The van der Waals surface area contributed by atoms with E-state index in [2.05, 4.69) is 20.9 Å². The van der Waals surface area contributed by atoms with Gasteiger partial charge < -0.3 is 20.4 Å². The lowest BCUT2D eigenvalue weighted by molar-refractivity contribution is 0.0997. The molecule has 2 aromatic carbocycles. The van der Waals surface area contributed by atoms with Crippen molar-refractivity contribution in [3.8, 4) is 10.8 Å². The number of aromatic nitrogens is 1. The number of fused-ring (bicyclic) bond motifs is 1. The monoisotopic (exact) mass is 392 g/mol. The number of amides is 3. The van der Waals surface area contributed by atoms with E-state index < -0.39 is 0 Å². The van der Waals surface area contributed by atoms with Crippen LogP contribution >= 0.6 is 11.3 Å². The zero-order chi connectivity index (χ0) is 19.5. The molecule has 0 atom stereocenters. The van der Waals surface area contributed by atoms with Crippen LogP contribution in [-0.2, 0) is 0 Å². The molecule has 0 fully saturated rings. The van der Waals surface area contributed by atoms with Gasteiger partial charge in [0, 0.05) is 18.4 Å². The fraction of sp³-hybridized carbons (Fsp3) is 0.0500. The van der Waals surface area contributed by atoms with E-state index in [9.17, 15) is 9.59 Å². The number of rotatable bonds is 4. The van der Waals surface area contributed by atoms with E-state index in [0.29, 0.717) is 17.1 Å². The third kappa shape index (κ3) is 3.72. The number of para-hydroxylation sites is 1. The number of carbonyl (C=O) groups excluding carboxylic acids is 2. The van der Waals surface area contributed by atoms with Crippen LogP contribution < -0.4 is 16.0 Å². The van der Waals surface area contributed by atoms with Gasteiger partial charge in [0.25, 0.3) is 5.91 Å². The number of hydrogen-bond acceptors (Lipinski definition) is 5. The van der Waals surface area contributed by atoms with Crippen molar-refractivity contribution in [1.29, 1.82) is 0 Å². The van der Waals surface area contributed by atoms with Crippen molar-refractivity contribution in [1.82, 2.24) is 10.3 Å². The van der Waals surface area contributed by atoms with Crippen LogP contribution in [-0.4, -0.2) is 24.0 Å². The molecule has 0 unspecified atom stereocenters. The average molecular weight is 392 g/mol. The highest BCUT2D eigenvalue weighted by Gasteiger charge is 2.15. The molecule has 3 amide bonds. The van der Waals surface area contributed by atoms with Gasteiger partial charge in [-0.1, -0.05) is 12.1 Å². The first-order valence-electron chi connectivity index (χ1n) is 8.48. The van der Waals surface area contributed by atoms with Crippen molar-refractivity contribution < 1.29 is 14.0 Å². The molecule has 0 spiro atoms. The molecule has 4 aromatic rings. The summed E-state index contributed by atoms with van der Waals surface area (Å²) in [4.78, 5) is 28.3. The zero-order valence-corrected chi connectivity index (χ0v) is 15.7. The molecule has 2 aromatic heterocycles. The smallest absolute Gasteiger partial charge is 0.318 e. The molecule has 0 aliphatic rings. The second kappa shape index (κ2) is 7.53. The second-order valence-corrected chi connectivity index (χ2v) is 6.92. The predicted octanol–water partition coefficient (Wildman–Crippen LogP) is 4.56. The van der Waals surface area contributed by atoms with Gasteiger partial charge in [0.05, 0.1) is 10.2 Å². The van der Waals surface area contributed by atoms with Crippen LogP contribution in [0.3, 0.4) is 0 Å². The van der Waals surface area contributed by atoms with Crippen molar-refractivity contribution in [2.24, 2.45) is 0 Å². The third-order valence-electron chi connectivity index (χ3n) is 3.96. The van der Waals surface area contributed by atoms with Crippen LogP contribution in [0.25, 0.3) is 21.0 Å². The number of thiazole rings is 1. The Kier molecular flexibility index (Phi) is 4.77. The number of carbonyl (C=O) groups is 2. The van der Waals surface area contributed by atoms with Gasteiger partial charge in [0.1, 0.15) is 0 Å². The highest BCUT2D eigenvalue weighted by Crippen LogP contribution is 2.31. The molecule has 0 radical (unpaired) electrons. The van der Waals surface area contributed by atoms with E-state index in [1.807, 2.05) is 24.3 Å². The molecule has 28 heavy (non-hydrogen) atoms. The number of anilines is 2. The van der Waals surface area contributed by atoms with E-state index in [0.717, 1.165) is 15.2 Å². The number of furan rings is 1. The summed E-state index contributed by atoms with van der Waals surface area (Å²) >= 11 is 1.51. The standard InChI is InChI=1S/C20H16N4O3S/c1-21-20(26)23-13-8-6-12(7-9-13)22-18(25)15-10-11-16(27-15)19-24-14-4-2-3-5-17(14)28-19/h2-11H,1H3,(H,22,25)(H2,21,23,26). The number of urea groups is 1. The van der Waals surface area contributed by atoms with E-state index in [1.54, 1.807) is 36.4 Å². The molecule has 2 heterocycles. The Balaban J connectivity index is 1.46. The van der Waals surface area contributed by atoms with Crippen molar-refractivity contribution in [3.05, 3.63) is 66.4 Å². The Hall–Kier alpha value is -3.65. The fourth-order valence-electron chi connectivity index (χ4n) is 2.58. The Morgan fingerprint density at radius 3 is 2.36 bits per heavy atom. The molecular formula is C20H16N4O3S. The third-order valence-corrected chi connectivity index (χ3v) is 5.01. The lowest BCUT2D eigenvalue weighted by atomic mass is 10.2. The van der Waals surface area contributed by atoms with Crippen molar-refractivity contribution in [3.63, 3.8) is 0 Å². The summed E-state index contributed by atoms with van der Waals surface area (Å²) < 4.78 is 6.76. The lowest BCUT2D eigenvalue weighted by Crippen LogP contribution is -2.24. The van der Waals surface area contributed by atoms with Crippen LogP contribution in [0.5, 0.6) is 0 Å². The van der Waals surface area contributed by atoms with E-state index >= 15 is 0 Å². The van der Waals surface area contributed by atoms with Crippen molar-refractivity contribution >= 4 is 44.9 Å². The Labute approximate surface area is 164 Å². The fourth-order valence-corrected chi connectivity index (χ4v) is 3.50. The summed E-state index contributed by atoms with van der Waals surface area (Å²) in [6.45, 7) is 0. The van der Waals surface area contributed by atoms with E-state index in [4.69, 9.17) is 4.42 Å². The first-order chi connectivity index (χ1) is 13.6. The minimum absolute atomic E-state index is 0.196. The van der Waals surface area contributed by atoms with Crippen LogP contribution in [0.4, 0.5) is 16.2 Å². The minimum atomic E-state index is -0.362. The Bertz CT molecular complexity index is 1110. The quantitative estimate of drug-likeness (QED) is 0.474. The minimum Gasteiger partial charge on any atom is -0.448 e. The molecule has 4 rings (SSSR count). The summed E-state index contributed by atoms with van der Waals surface area (Å²) in [5.74, 6) is 0.387. The normalized spacial score (nSPS) is 10.6. The van der Waals surface area contributed by atoms with Crippen molar-refractivity contribution in [2.75, 3.05) is 17.7 Å². The van der Waals surface area contributed by atoms with E-state index in [1.165, 1.54) is 18.4 Å². The molecule has 3 N–H and O–H groups in total. The summed E-state index contributed by atoms with van der Waals surface area (Å²) in [6, 6.07) is 17.7.